The normalized spacial score (nSPS) is 21.0. The molecule has 0 amide bonds. The SMILES string of the molecule is Cc1ccncc1CNS(=O)(=O)N1CCCCC1CN. The maximum absolute atomic E-state index is 12.4. The molecule has 0 aromatic carbocycles. The Hall–Kier alpha value is -1.02. The smallest absolute Gasteiger partial charge is 0.280 e. The Labute approximate surface area is 120 Å². The predicted molar refractivity (Wildman–Crippen MR) is 78.1 cm³/mol. The van der Waals surface area contributed by atoms with E-state index in [0.717, 1.165) is 30.4 Å². The van der Waals surface area contributed by atoms with Crippen LogP contribution >= 0.6 is 0 Å². The summed E-state index contributed by atoms with van der Waals surface area (Å²) in [6.45, 7) is 3.11. The first-order valence-corrected chi connectivity index (χ1v) is 8.34. The van der Waals surface area contributed by atoms with Gasteiger partial charge < -0.3 is 5.73 Å². The van der Waals surface area contributed by atoms with Gasteiger partial charge in [-0.15, -0.1) is 0 Å². The lowest BCUT2D eigenvalue weighted by molar-refractivity contribution is 0.254. The van der Waals surface area contributed by atoms with Gasteiger partial charge in [0.1, 0.15) is 0 Å². The van der Waals surface area contributed by atoms with Crippen molar-refractivity contribution in [1.29, 1.82) is 0 Å². The Bertz CT molecular complexity index is 547. The molecule has 1 atom stereocenters. The summed E-state index contributed by atoms with van der Waals surface area (Å²) in [5.41, 5.74) is 7.59. The summed E-state index contributed by atoms with van der Waals surface area (Å²) in [5.74, 6) is 0. The highest BCUT2D eigenvalue weighted by Gasteiger charge is 2.31. The van der Waals surface area contributed by atoms with Crippen molar-refractivity contribution in [3.8, 4) is 0 Å². The van der Waals surface area contributed by atoms with Gasteiger partial charge >= 0.3 is 0 Å². The number of pyridine rings is 1. The molecular formula is C13H22N4O2S. The van der Waals surface area contributed by atoms with Crippen LogP contribution in [0.5, 0.6) is 0 Å². The first-order chi connectivity index (χ1) is 9.54. The van der Waals surface area contributed by atoms with Gasteiger partial charge in [0.25, 0.3) is 10.2 Å². The molecule has 1 aliphatic heterocycles. The fraction of sp³-hybridized carbons (Fsp3) is 0.615. The second-order valence-electron chi connectivity index (χ2n) is 5.12. The Morgan fingerprint density at radius 2 is 2.30 bits per heavy atom. The number of nitrogens with zero attached hydrogens (tertiary/aromatic N) is 2. The van der Waals surface area contributed by atoms with Crippen LogP contribution in [0.3, 0.4) is 0 Å². The zero-order valence-electron chi connectivity index (χ0n) is 11.7. The van der Waals surface area contributed by atoms with Gasteiger partial charge in [0.15, 0.2) is 0 Å². The standard InChI is InChI=1S/C13H22N4O2S/c1-11-5-6-15-9-12(11)10-16-20(18,19)17-7-3-2-4-13(17)8-14/h5-6,9,13,16H,2-4,7-8,10,14H2,1H3. The Kier molecular flexibility index (Phi) is 5.09. The molecule has 7 heteroatoms. The van der Waals surface area contributed by atoms with Crippen molar-refractivity contribution in [3.63, 3.8) is 0 Å². The number of rotatable bonds is 5. The first-order valence-electron chi connectivity index (χ1n) is 6.90. The molecular weight excluding hydrogens is 276 g/mol. The maximum atomic E-state index is 12.4. The number of aryl methyl sites for hydroxylation is 1. The molecule has 0 radical (unpaired) electrons. The molecule has 0 aliphatic carbocycles. The summed E-state index contributed by atoms with van der Waals surface area (Å²) in [7, 11) is -3.48. The molecule has 0 spiro atoms. The maximum Gasteiger partial charge on any atom is 0.280 e. The van der Waals surface area contributed by atoms with E-state index >= 15 is 0 Å². The largest absolute Gasteiger partial charge is 0.329 e. The summed E-state index contributed by atoms with van der Waals surface area (Å²) in [5, 5.41) is 0. The van der Waals surface area contributed by atoms with Crippen molar-refractivity contribution in [2.45, 2.75) is 38.8 Å². The molecule has 0 bridgehead atoms. The van der Waals surface area contributed by atoms with Crippen LogP contribution in [0.25, 0.3) is 0 Å². The predicted octanol–water partition coefficient (Wildman–Crippen LogP) is 0.538. The van der Waals surface area contributed by atoms with E-state index in [2.05, 4.69) is 9.71 Å². The van der Waals surface area contributed by atoms with Gasteiger partial charge in [-0.25, -0.2) is 0 Å². The van der Waals surface area contributed by atoms with Crippen LogP contribution in [0, 0.1) is 6.92 Å². The number of piperidine rings is 1. The molecule has 2 heterocycles. The van der Waals surface area contributed by atoms with Crippen LogP contribution in [0.15, 0.2) is 18.5 Å². The zero-order chi connectivity index (χ0) is 14.6. The van der Waals surface area contributed by atoms with E-state index in [9.17, 15) is 8.42 Å². The first kappa shape index (κ1) is 15.4. The fourth-order valence-electron chi connectivity index (χ4n) is 2.46. The van der Waals surface area contributed by atoms with Crippen LogP contribution in [0.1, 0.15) is 30.4 Å². The Morgan fingerprint density at radius 3 is 3.00 bits per heavy atom. The molecule has 1 saturated heterocycles. The second-order valence-corrected chi connectivity index (χ2v) is 6.83. The highest BCUT2D eigenvalue weighted by Crippen LogP contribution is 2.19. The van der Waals surface area contributed by atoms with Gasteiger partial charge in [-0.05, 0) is 37.0 Å². The molecule has 1 aromatic heterocycles. The molecule has 1 fully saturated rings. The van der Waals surface area contributed by atoms with Gasteiger partial charge in [0.05, 0.1) is 0 Å². The van der Waals surface area contributed by atoms with Gasteiger partial charge in [-0.2, -0.15) is 17.4 Å². The summed E-state index contributed by atoms with van der Waals surface area (Å²) < 4.78 is 28.9. The number of hydrogen-bond acceptors (Lipinski definition) is 4. The van der Waals surface area contributed by atoms with Gasteiger partial charge in [-0.3, -0.25) is 4.98 Å². The minimum Gasteiger partial charge on any atom is -0.329 e. The lowest BCUT2D eigenvalue weighted by Gasteiger charge is -2.33. The van der Waals surface area contributed by atoms with Gasteiger partial charge in [0.2, 0.25) is 0 Å². The molecule has 0 saturated carbocycles. The van der Waals surface area contributed by atoms with Crippen LogP contribution in [0.2, 0.25) is 0 Å². The van der Waals surface area contributed by atoms with Crippen LogP contribution in [-0.2, 0) is 16.8 Å². The van der Waals surface area contributed by atoms with Crippen molar-refractivity contribution in [1.82, 2.24) is 14.0 Å². The van der Waals surface area contributed by atoms with E-state index in [4.69, 9.17) is 5.73 Å². The topological polar surface area (TPSA) is 88.3 Å². The van der Waals surface area contributed by atoms with Crippen molar-refractivity contribution >= 4 is 10.2 Å². The van der Waals surface area contributed by atoms with E-state index in [0.29, 0.717) is 13.1 Å². The van der Waals surface area contributed by atoms with Crippen LogP contribution in [-0.4, -0.2) is 36.8 Å². The highest BCUT2D eigenvalue weighted by atomic mass is 32.2. The summed E-state index contributed by atoms with van der Waals surface area (Å²) >= 11 is 0. The minimum atomic E-state index is -3.48. The van der Waals surface area contributed by atoms with Crippen LogP contribution in [0.4, 0.5) is 0 Å². The summed E-state index contributed by atoms with van der Waals surface area (Å²) in [6.07, 6.45) is 6.15. The second kappa shape index (κ2) is 6.62. The van der Waals surface area contributed by atoms with Crippen LogP contribution < -0.4 is 10.5 Å². The molecule has 1 aromatic rings. The van der Waals surface area contributed by atoms with Crippen molar-refractivity contribution < 1.29 is 8.42 Å². The zero-order valence-corrected chi connectivity index (χ0v) is 12.6. The van der Waals surface area contributed by atoms with Crippen molar-refractivity contribution in [2.75, 3.05) is 13.1 Å². The average Bonchev–Trinajstić information content (AvgIpc) is 2.46. The number of aromatic nitrogens is 1. The fourth-order valence-corrected chi connectivity index (χ4v) is 3.92. The quantitative estimate of drug-likeness (QED) is 0.830. The number of nitrogens with one attached hydrogen (secondary N) is 1. The molecule has 1 unspecified atom stereocenters. The molecule has 20 heavy (non-hydrogen) atoms. The average molecular weight is 298 g/mol. The van der Waals surface area contributed by atoms with Gasteiger partial charge in [-0.1, -0.05) is 6.42 Å². The van der Waals surface area contributed by atoms with E-state index in [1.165, 1.54) is 4.31 Å². The third-order valence-electron chi connectivity index (χ3n) is 3.75. The lowest BCUT2D eigenvalue weighted by Crippen LogP contribution is -2.51. The Morgan fingerprint density at radius 1 is 1.50 bits per heavy atom. The minimum absolute atomic E-state index is 0.0868. The summed E-state index contributed by atoms with van der Waals surface area (Å²) in [4.78, 5) is 4.02. The monoisotopic (exact) mass is 298 g/mol. The molecule has 3 N–H and O–H groups in total. The third kappa shape index (κ3) is 3.54. The van der Waals surface area contributed by atoms with Crippen molar-refractivity contribution in [2.24, 2.45) is 5.73 Å². The molecule has 2 rings (SSSR count). The number of nitrogens with two attached hydrogens (primary N) is 1. The van der Waals surface area contributed by atoms with E-state index < -0.39 is 10.2 Å². The lowest BCUT2D eigenvalue weighted by atomic mass is 10.1. The van der Waals surface area contributed by atoms with Crippen molar-refractivity contribution in [3.05, 3.63) is 29.6 Å². The molecule has 1 aliphatic rings. The summed E-state index contributed by atoms with van der Waals surface area (Å²) in [6, 6.07) is 1.78. The Balaban J connectivity index is 2.05. The van der Waals surface area contributed by atoms with E-state index in [1.807, 2.05) is 13.0 Å². The molecule has 112 valence electrons. The number of hydrogen-bond donors (Lipinski definition) is 2. The van der Waals surface area contributed by atoms with E-state index in [-0.39, 0.29) is 12.6 Å². The van der Waals surface area contributed by atoms with E-state index in [1.54, 1.807) is 12.4 Å². The molecule has 6 nitrogen and oxygen atoms in total. The van der Waals surface area contributed by atoms with Gasteiger partial charge in [0, 0.05) is 38.1 Å². The third-order valence-corrected chi connectivity index (χ3v) is 5.35. The highest BCUT2D eigenvalue weighted by molar-refractivity contribution is 7.87.